The number of nitro groups is 2. The molecule has 0 saturated carbocycles. The first-order chi connectivity index (χ1) is 6.01. The average Bonchev–Trinajstić information content (AvgIpc) is 2.04. The van der Waals surface area contributed by atoms with Gasteiger partial charge in [0.05, 0.1) is 6.08 Å². The second-order valence-electron chi connectivity index (χ2n) is 2.57. The number of nitrogens with zero attached hydrogens (tertiary/aromatic N) is 2. The van der Waals surface area contributed by atoms with Gasteiger partial charge in [-0.05, 0) is 0 Å². The molecule has 1 aliphatic rings. The van der Waals surface area contributed by atoms with Crippen LogP contribution in [0.25, 0.3) is 0 Å². The van der Waals surface area contributed by atoms with Gasteiger partial charge in [0.15, 0.2) is 6.04 Å². The van der Waals surface area contributed by atoms with Gasteiger partial charge in [0.1, 0.15) is 9.85 Å². The van der Waals surface area contributed by atoms with E-state index >= 15 is 0 Å². The highest BCUT2D eigenvalue weighted by atomic mass is 16.7. The second kappa shape index (κ2) is 2.94. The molecule has 0 spiro atoms. The van der Waals surface area contributed by atoms with Crippen LogP contribution in [0.15, 0.2) is 24.3 Å². The van der Waals surface area contributed by atoms with E-state index in [2.05, 4.69) is 0 Å². The molecule has 0 aliphatic heterocycles. The highest BCUT2D eigenvalue weighted by Gasteiger charge is 2.59. The summed E-state index contributed by atoms with van der Waals surface area (Å²) in [6.45, 7) is 0. The van der Waals surface area contributed by atoms with Crippen LogP contribution in [-0.2, 0) is 0 Å². The zero-order valence-corrected chi connectivity index (χ0v) is 6.49. The summed E-state index contributed by atoms with van der Waals surface area (Å²) >= 11 is 0. The molecule has 0 amide bonds. The quantitative estimate of drug-likeness (QED) is 0.360. The van der Waals surface area contributed by atoms with Crippen LogP contribution in [-0.4, -0.2) is 21.6 Å². The maximum atomic E-state index is 10.5. The van der Waals surface area contributed by atoms with Crippen molar-refractivity contribution in [1.29, 1.82) is 0 Å². The van der Waals surface area contributed by atoms with E-state index in [0.29, 0.717) is 0 Å². The van der Waals surface area contributed by atoms with Crippen LogP contribution in [0.1, 0.15) is 0 Å². The standard InChI is InChI=1S/C6H7N3O4/c7-5-3-1-2-4-6(5,8(10)11)9(12)13/h1-5H,7H2. The van der Waals surface area contributed by atoms with Gasteiger partial charge in [0.2, 0.25) is 0 Å². The molecule has 0 fully saturated rings. The van der Waals surface area contributed by atoms with Crippen molar-refractivity contribution in [3.63, 3.8) is 0 Å². The Morgan fingerprint density at radius 1 is 1.23 bits per heavy atom. The van der Waals surface area contributed by atoms with Crippen LogP contribution in [0.3, 0.4) is 0 Å². The number of hydrogen-bond acceptors (Lipinski definition) is 5. The summed E-state index contributed by atoms with van der Waals surface area (Å²) < 4.78 is 0. The molecule has 1 aliphatic carbocycles. The fraction of sp³-hybridized carbons (Fsp3) is 0.333. The molecule has 70 valence electrons. The lowest BCUT2D eigenvalue weighted by Gasteiger charge is -2.19. The minimum absolute atomic E-state index is 0.887. The van der Waals surface area contributed by atoms with Crippen molar-refractivity contribution in [3.05, 3.63) is 44.5 Å². The van der Waals surface area contributed by atoms with Crippen molar-refractivity contribution in [2.75, 3.05) is 0 Å². The summed E-state index contributed by atoms with van der Waals surface area (Å²) in [5.41, 5.74) is 2.89. The Morgan fingerprint density at radius 2 is 1.77 bits per heavy atom. The van der Waals surface area contributed by atoms with Crippen molar-refractivity contribution in [2.45, 2.75) is 11.7 Å². The molecule has 0 aromatic heterocycles. The van der Waals surface area contributed by atoms with E-state index in [9.17, 15) is 20.2 Å². The van der Waals surface area contributed by atoms with Crippen molar-refractivity contribution in [3.8, 4) is 0 Å². The van der Waals surface area contributed by atoms with Crippen LogP contribution < -0.4 is 5.73 Å². The molecule has 0 aromatic carbocycles. The Morgan fingerprint density at radius 3 is 2.08 bits per heavy atom. The van der Waals surface area contributed by atoms with Crippen molar-refractivity contribution in [1.82, 2.24) is 0 Å². The summed E-state index contributed by atoms with van der Waals surface area (Å²) in [7, 11) is 0. The lowest BCUT2D eigenvalue weighted by molar-refractivity contribution is -0.782. The molecular formula is C6H7N3O4. The monoisotopic (exact) mass is 185 g/mol. The van der Waals surface area contributed by atoms with Crippen LogP contribution in [0.4, 0.5) is 0 Å². The van der Waals surface area contributed by atoms with Gasteiger partial charge in [0.25, 0.3) is 0 Å². The van der Waals surface area contributed by atoms with Crippen molar-refractivity contribution >= 4 is 0 Å². The normalized spacial score (nSPS) is 24.2. The van der Waals surface area contributed by atoms with Gasteiger partial charge in [-0.2, -0.15) is 0 Å². The molecule has 0 aromatic rings. The molecule has 2 N–H and O–H groups in total. The summed E-state index contributed by atoms with van der Waals surface area (Å²) in [6, 6.07) is -1.23. The molecule has 7 heteroatoms. The lowest BCUT2D eigenvalue weighted by Crippen LogP contribution is -2.57. The molecule has 7 nitrogen and oxygen atoms in total. The largest absolute Gasteiger partial charge is 0.495 e. The number of rotatable bonds is 2. The smallest absolute Gasteiger partial charge is 0.312 e. The third-order valence-corrected chi connectivity index (χ3v) is 1.85. The van der Waals surface area contributed by atoms with Crippen molar-refractivity contribution in [2.24, 2.45) is 5.73 Å². The van der Waals surface area contributed by atoms with E-state index in [-0.39, 0.29) is 0 Å². The lowest BCUT2D eigenvalue weighted by atomic mass is 9.97. The molecule has 1 unspecified atom stereocenters. The number of allylic oxidation sites excluding steroid dienone is 2. The second-order valence-corrected chi connectivity index (χ2v) is 2.57. The number of hydrogen-bond donors (Lipinski definition) is 1. The first kappa shape index (κ1) is 9.33. The molecule has 0 radical (unpaired) electrons. The molecular weight excluding hydrogens is 178 g/mol. The summed E-state index contributed by atoms with van der Waals surface area (Å²) in [4.78, 5) is 19.1. The maximum Gasteiger partial charge on any atom is 0.495 e. The zero-order valence-electron chi connectivity index (χ0n) is 6.49. The van der Waals surface area contributed by atoms with Gasteiger partial charge in [-0.3, -0.25) is 20.2 Å². The van der Waals surface area contributed by atoms with Gasteiger partial charge >= 0.3 is 5.66 Å². The Labute approximate surface area is 72.8 Å². The first-order valence-electron chi connectivity index (χ1n) is 3.42. The van der Waals surface area contributed by atoms with E-state index in [1.807, 2.05) is 0 Å². The van der Waals surface area contributed by atoms with Gasteiger partial charge in [0, 0.05) is 0 Å². The predicted molar refractivity (Wildman–Crippen MR) is 43.0 cm³/mol. The molecule has 0 saturated heterocycles. The van der Waals surface area contributed by atoms with Crippen LogP contribution in [0.5, 0.6) is 0 Å². The minimum atomic E-state index is -2.41. The zero-order chi connectivity index (χ0) is 10.1. The first-order valence-corrected chi connectivity index (χ1v) is 3.42. The summed E-state index contributed by atoms with van der Waals surface area (Å²) in [6.07, 6.45) is 4.80. The highest BCUT2D eigenvalue weighted by Crippen LogP contribution is 2.21. The van der Waals surface area contributed by atoms with E-state index in [1.165, 1.54) is 18.2 Å². The van der Waals surface area contributed by atoms with E-state index in [1.54, 1.807) is 0 Å². The minimum Gasteiger partial charge on any atom is -0.312 e. The Balaban J connectivity index is 3.19. The SMILES string of the molecule is NC1C=CC=CC1([N+](=O)[O-])[N+](=O)[O-]. The van der Waals surface area contributed by atoms with E-state index in [0.717, 1.165) is 6.08 Å². The van der Waals surface area contributed by atoms with Crippen LogP contribution >= 0.6 is 0 Å². The topological polar surface area (TPSA) is 112 Å². The van der Waals surface area contributed by atoms with Crippen molar-refractivity contribution < 1.29 is 9.85 Å². The van der Waals surface area contributed by atoms with Gasteiger partial charge in [-0.1, -0.05) is 18.2 Å². The maximum absolute atomic E-state index is 10.5. The molecule has 0 heterocycles. The summed E-state index contributed by atoms with van der Waals surface area (Å²) in [5.74, 6) is 0. The average molecular weight is 185 g/mol. The van der Waals surface area contributed by atoms with E-state index in [4.69, 9.17) is 5.73 Å². The van der Waals surface area contributed by atoms with Gasteiger partial charge in [-0.15, -0.1) is 0 Å². The molecule has 1 atom stereocenters. The molecule has 0 bridgehead atoms. The fourth-order valence-electron chi connectivity index (χ4n) is 1.07. The van der Waals surface area contributed by atoms with Crippen LogP contribution in [0.2, 0.25) is 0 Å². The Bertz CT molecular complexity index is 295. The summed E-state index contributed by atoms with van der Waals surface area (Å²) in [5, 5.41) is 21.1. The molecule has 1 rings (SSSR count). The Kier molecular flexibility index (Phi) is 2.11. The third kappa shape index (κ3) is 1.18. The number of nitrogens with two attached hydrogens (primary N) is 1. The highest BCUT2D eigenvalue weighted by molar-refractivity contribution is 5.20. The Hall–Kier alpha value is -1.76. The molecule has 13 heavy (non-hydrogen) atoms. The van der Waals surface area contributed by atoms with Gasteiger partial charge < -0.3 is 5.73 Å². The van der Waals surface area contributed by atoms with Crippen LogP contribution in [0, 0.1) is 20.2 Å². The predicted octanol–water partition coefficient (Wildman–Crippen LogP) is -0.311. The fourth-order valence-corrected chi connectivity index (χ4v) is 1.07. The van der Waals surface area contributed by atoms with Gasteiger partial charge in [-0.25, -0.2) is 0 Å². The third-order valence-electron chi connectivity index (χ3n) is 1.85. The van der Waals surface area contributed by atoms with E-state index < -0.39 is 21.6 Å².